The molecular weight excluding hydrogens is 807 g/mol. The summed E-state index contributed by atoms with van der Waals surface area (Å²) in [6.07, 6.45) is 1.98. The zero-order valence-electron chi connectivity index (χ0n) is 35.6. The predicted molar refractivity (Wildman–Crippen MR) is 269 cm³/mol. The van der Waals surface area contributed by atoms with Crippen LogP contribution in [0.15, 0.2) is 205 Å². The first-order chi connectivity index (χ1) is 32.7. The van der Waals surface area contributed by atoms with E-state index in [1.54, 1.807) is 0 Å². The molecule has 0 atom stereocenters. The molecule has 0 bridgehead atoms. The molecule has 0 saturated heterocycles. The average Bonchev–Trinajstić information content (AvgIpc) is 3.97. The van der Waals surface area contributed by atoms with E-state index in [2.05, 4.69) is 187 Å². The van der Waals surface area contributed by atoms with Crippen LogP contribution in [0.25, 0.3) is 128 Å². The summed E-state index contributed by atoms with van der Waals surface area (Å²) in [6, 6.07) is 70.7. The lowest BCUT2D eigenvalue weighted by molar-refractivity contribution is 0.668. The molecule has 0 unspecified atom stereocenters. The molecule has 308 valence electrons. The van der Waals surface area contributed by atoms with E-state index in [0.29, 0.717) is 17.5 Å². The van der Waals surface area contributed by atoms with Crippen molar-refractivity contribution in [1.82, 2.24) is 24.5 Å². The largest absolute Gasteiger partial charge is 0.456 e. The smallest absolute Gasteiger partial charge is 0.164 e. The fourth-order valence-electron chi connectivity index (χ4n) is 10.5. The molecule has 66 heavy (non-hydrogen) atoms. The second kappa shape index (κ2) is 14.4. The lowest BCUT2D eigenvalue weighted by Gasteiger charge is -2.22. The second-order valence-electron chi connectivity index (χ2n) is 17.3. The van der Waals surface area contributed by atoms with Crippen LogP contribution in [0.1, 0.15) is 11.1 Å². The molecule has 0 spiro atoms. The van der Waals surface area contributed by atoms with Gasteiger partial charge in [-0.15, -0.1) is 0 Å². The van der Waals surface area contributed by atoms with Crippen LogP contribution >= 0.6 is 0 Å². The number of nitrogens with zero attached hydrogens (tertiary/aromatic N) is 5. The lowest BCUT2D eigenvalue weighted by atomic mass is 9.83. The second-order valence-corrected chi connectivity index (χ2v) is 17.3. The molecule has 1 aliphatic rings. The van der Waals surface area contributed by atoms with Gasteiger partial charge in [0, 0.05) is 39.1 Å². The molecular formula is C60H37N5O. The first-order valence-electron chi connectivity index (χ1n) is 22.5. The van der Waals surface area contributed by atoms with Crippen LogP contribution in [0, 0.1) is 0 Å². The summed E-state index contributed by atoms with van der Waals surface area (Å²) >= 11 is 0. The number of hydrogen-bond acceptors (Lipinski definition) is 5. The molecule has 3 heterocycles. The Bertz CT molecular complexity index is 4090. The Hall–Kier alpha value is -8.74. The van der Waals surface area contributed by atoms with Crippen LogP contribution in [-0.4, -0.2) is 24.5 Å². The summed E-state index contributed by atoms with van der Waals surface area (Å²) < 4.78 is 8.57. The molecule has 14 rings (SSSR count). The Kier molecular flexibility index (Phi) is 8.01. The topological polar surface area (TPSA) is 69.6 Å². The van der Waals surface area contributed by atoms with Crippen molar-refractivity contribution >= 4 is 65.3 Å². The fourth-order valence-corrected chi connectivity index (χ4v) is 10.5. The average molecular weight is 844 g/mol. The van der Waals surface area contributed by atoms with Crippen molar-refractivity contribution in [3.63, 3.8) is 0 Å². The highest BCUT2D eigenvalue weighted by Crippen LogP contribution is 2.42. The number of para-hydroxylation sites is 3. The number of fused-ring (bicyclic) bond motifs is 13. The molecule has 0 N–H and O–H groups in total. The third-order valence-corrected chi connectivity index (χ3v) is 13.6. The molecule has 0 fully saturated rings. The Balaban J connectivity index is 0.941. The first-order valence-corrected chi connectivity index (χ1v) is 22.5. The summed E-state index contributed by atoms with van der Waals surface area (Å²) in [5, 5.41) is 9.48. The molecule has 13 aromatic rings. The Morgan fingerprint density at radius 2 is 0.924 bits per heavy atom. The van der Waals surface area contributed by atoms with Gasteiger partial charge in [-0.2, -0.15) is 0 Å². The number of hydrogen-bond donors (Lipinski definition) is 0. The molecule has 6 nitrogen and oxygen atoms in total. The van der Waals surface area contributed by atoms with Gasteiger partial charge in [-0.1, -0.05) is 158 Å². The number of benzene rings is 10. The summed E-state index contributed by atoms with van der Waals surface area (Å²) in [7, 11) is 0. The van der Waals surface area contributed by atoms with Crippen molar-refractivity contribution in [1.29, 1.82) is 0 Å². The van der Waals surface area contributed by atoms with Crippen LogP contribution < -0.4 is 0 Å². The first kappa shape index (κ1) is 36.7. The fraction of sp³-hybridized carbons (Fsp3) is 0.0333. The Labute approximate surface area is 379 Å². The Morgan fingerprint density at radius 1 is 0.364 bits per heavy atom. The van der Waals surface area contributed by atoms with Gasteiger partial charge >= 0.3 is 0 Å². The maximum absolute atomic E-state index is 6.35. The summed E-state index contributed by atoms with van der Waals surface area (Å²) in [5.74, 6) is 2.72. The van der Waals surface area contributed by atoms with Gasteiger partial charge in [0.25, 0.3) is 0 Å². The van der Waals surface area contributed by atoms with Gasteiger partial charge in [0.1, 0.15) is 17.0 Å². The zero-order valence-corrected chi connectivity index (χ0v) is 35.6. The van der Waals surface area contributed by atoms with Crippen molar-refractivity contribution in [3.05, 3.63) is 211 Å². The molecule has 0 aliphatic heterocycles. The standard InChI is InChI=1S/C60H37N5O/c1-2-14-42-36(12-1)24-25-37-13-11-20-50(56(37)42)59-63-57(62-58(64-59)40-30-32-47-45-17-4-3-15-43(45)44-16-5-6-18-46(44)51(47)34-40)38-26-28-39(29-27-38)60-61-52-21-8-9-22-53(52)65(60)41-31-33-49-48-19-7-10-23-54(48)66-55(49)35-41/h1-23,26-35H,24-25H2. The van der Waals surface area contributed by atoms with Crippen LogP contribution in [0.5, 0.6) is 0 Å². The van der Waals surface area contributed by atoms with Crippen LogP contribution in [0.3, 0.4) is 0 Å². The highest BCUT2D eigenvalue weighted by molar-refractivity contribution is 6.25. The van der Waals surface area contributed by atoms with E-state index in [-0.39, 0.29) is 0 Å². The third-order valence-electron chi connectivity index (χ3n) is 13.6. The summed E-state index contributed by atoms with van der Waals surface area (Å²) in [4.78, 5) is 21.2. The van der Waals surface area contributed by atoms with Crippen LogP contribution in [0.4, 0.5) is 0 Å². The molecule has 0 amide bonds. The number of imidazole rings is 1. The molecule has 6 heteroatoms. The predicted octanol–water partition coefficient (Wildman–Crippen LogP) is 15.0. The summed E-state index contributed by atoms with van der Waals surface area (Å²) in [5.41, 5.74) is 13.5. The van der Waals surface area contributed by atoms with E-state index in [9.17, 15) is 0 Å². The SMILES string of the molecule is c1ccc2c(c1)CCc1cccc(-c3nc(-c4ccc(-c5nc6ccccc6n5-c5ccc6c(c5)oc5ccccc56)cc4)nc(-c4ccc5c6ccccc6c6ccccc6c5c4)n3)c1-2. The van der Waals surface area contributed by atoms with Gasteiger partial charge < -0.3 is 4.42 Å². The van der Waals surface area contributed by atoms with E-state index in [4.69, 9.17) is 24.4 Å². The van der Waals surface area contributed by atoms with Gasteiger partial charge in [0.05, 0.1) is 16.7 Å². The molecule has 0 saturated carbocycles. The zero-order chi connectivity index (χ0) is 43.3. The van der Waals surface area contributed by atoms with Gasteiger partial charge in [-0.05, 0) is 104 Å². The Morgan fingerprint density at radius 3 is 1.74 bits per heavy atom. The minimum absolute atomic E-state index is 0.607. The van der Waals surface area contributed by atoms with E-state index in [1.165, 1.54) is 54.6 Å². The normalized spacial score (nSPS) is 12.4. The highest BCUT2D eigenvalue weighted by Gasteiger charge is 2.23. The maximum Gasteiger partial charge on any atom is 0.164 e. The van der Waals surface area contributed by atoms with Crippen molar-refractivity contribution in [2.45, 2.75) is 12.8 Å². The number of rotatable bonds is 5. The molecule has 10 aromatic carbocycles. The van der Waals surface area contributed by atoms with Crippen molar-refractivity contribution in [2.75, 3.05) is 0 Å². The molecule has 1 aliphatic carbocycles. The summed E-state index contributed by atoms with van der Waals surface area (Å²) in [6.45, 7) is 0. The minimum Gasteiger partial charge on any atom is -0.456 e. The van der Waals surface area contributed by atoms with E-state index < -0.39 is 0 Å². The van der Waals surface area contributed by atoms with Gasteiger partial charge in [0.15, 0.2) is 17.5 Å². The molecule has 0 radical (unpaired) electrons. The minimum atomic E-state index is 0.607. The van der Waals surface area contributed by atoms with Crippen LogP contribution in [-0.2, 0) is 12.8 Å². The molecule has 3 aromatic heterocycles. The highest BCUT2D eigenvalue weighted by atomic mass is 16.3. The monoisotopic (exact) mass is 843 g/mol. The van der Waals surface area contributed by atoms with Gasteiger partial charge in [0.2, 0.25) is 0 Å². The van der Waals surface area contributed by atoms with Crippen molar-refractivity contribution < 1.29 is 4.42 Å². The number of aromatic nitrogens is 5. The van der Waals surface area contributed by atoms with Crippen molar-refractivity contribution in [3.8, 4) is 62.4 Å². The van der Waals surface area contributed by atoms with Gasteiger partial charge in [-0.25, -0.2) is 19.9 Å². The van der Waals surface area contributed by atoms with Crippen molar-refractivity contribution in [2.24, 2.45) is 0 Å². The van der Waals surface area contributed by atoms with E-state index in [0.717, 1.165) is 79.6 Å². The quantitative estimate of drug-likeness (QED) is 0.161. The van der Waals surface area contributed by atoms with E-state index in [1.807, 2.05) is 18.2 Å². The maximum atomic E-state index is 6.35. The van der Waals surface area contributed by atoms with Gasteiger partial charge in [-0.3, -0.25) is 4.57 Å². The van der Waals surface area contributed by atoms with E-state index >= 15 is 0 Å². The number of aryl methyl sites for hydroxylation is 2. The van der Waals surface area contributed by atoms with Crippen LogP contribution in [0.2, 0.25) is 0 Å². The third kappa shape index (κ3) is 5.68. The number of furan rings is 1. The lowest BCUT2D eigenvalue weighted by Crippen LogP contribution is -2.07.